The molecule has 3 aromatic heterocycles. The van der Waals surface area contributed by atoms with Crippen molar-refractivity contribution >= 4 is 37.7 Å². The normalized spacial score (nSPS) is 15.6. The van der Waals surface area contributed by atoms with E-state index < -0.39 is 37.1 Å². The zero-order chi connectivity index (χ0) is 28.4. The molecule has 0 atom stereocenters. The Morgan fingerprint density at radius 1 is 1.18 bits per heavy atom. The van der Waals surface area contributed by atoms with Gasteiger partial charge in [-0.25, -0.2) is 9.59 Å². The monoisotopic (exact) mass is 582 g/mol. The largest absolute Gasteiger partial charge is 0.464 e. The highest BCUT2D eigenvalue weighted by Gasteiger charge is 2.57. The first kappa shape index (κ1) is 26.0. The first-order valence-corrected chi connectivity index (χ1v) is 14.4. The predicted octanol–water partition coefficient (Wildman–Crippen LogP) is 1.81. The van der Waals surface area contributed by atoms with Gasteiger partial charge < -0.3 is 9.84 Å². The van der Waals surface area contributed by atoms with Crippen molar-refractivity contribution in [2.24, 2.45) is 7.05 Å². The second kappa shape index (κ2) is 9.15. The van der Waals surface area contributed by atoms with E-state index in [1.165, 1.54) is 15.4 Å². The minimum absolute atomic E-state index is 0.0285. The van der Waals surface area contributed by atoms with Gasteiger partial charge in [-0.1, -0.05) is 18.2 Å². The summed E-state index contributed by atoms with van der Waals surface area (Å²) in [6.45, 7) is 0.851. The van der Waals surface area contributed by atoms with Crippen LogP contribution in [0.5, 0.6) is 0 Å². The van der Waals surface area contributed by atoms with Gasteiger partial charge in [0.25, 0.3) is 15.6 Å². The summed E-state index contributed by atoms with van der Waals surface area (Å²) in [5, 5.41) is 23.3. The van der Waals surface area contributed by atoms with Gasteiger partial charge in [0.1, 0.15) is 14.6 Å². The van der Waals surface area contributed by atoms with Crippen LogP contribution < -0.4 is 11.2 Å². The molecule has 40 heavy (non-hydrogen) atoms. The summed E-state index contributed by atoms with van der Waals surface area (Å²) in [6.07, 6.45) is 1.54. The van der Waals surface area contributed by atoms with Crippen LogP contribution >= 0.6 is 11.3 Å². The molecule has 2 aliphatic rings. The van der Waals surface area contributed by atoms with Crippen LogP contribution in [0.15, 0.2) is 50.5 Å². The van der Waals surface area contributed by atoms with Crippen molar-refractivity contribution < 1.29 is 23.1 Å². The van der Waals surface area contributed by atoms with Gasteiger partial charge in [0, 0.05) is 18.8 Å². The lowest BCUT2D eigenvalue weighted by molar-refractivity contribution is 0.134. The molecule has 1 aromatic carbocycles. The number of nitriles is 1. The molecule has 206 valence electrons. The van der Waals surface area contributed by atoms with E-state index in [1.54, 1.807) is 19.3 Å². The fourth-order valence-corrected chi connectivity index (χ4v) is 8.00. The van der Waals surface area contributed by atoms with Crippen LogP contribution in [0.3, 0.4) is 0 Å². The van der Waals surface area contributed by atoms with Crippen molar-refractivity contribution in [1.29, 1.82) is 5.26 Å². The van der Waals surface area contributed by atoms with E-state index in [1.807, 2.05) is 18.2 Å². The number of thiophene rings is 1. The average molecular weight is 583 g/mol. The van der Waals surface area contributed by atoms with Crippen molar-refractivity contribution in [2.45, 2.75) is 48.9 Å². The number of rotatable bonds is 7. The number of aryl methyl sites for hydroxylation is 1. The second-order valence-electron chi connectivity index (χ2n) is 9.86. The Morgan fingerprint density at radius 2 is 1.90 bits per heavy atom. The van der Waals surface area contributed by atoms with E-state index in [2.05, 4.69) is 5.10 Å². The number of hydrogen-bond donors (Lipinski definition) is 1. The molecular formula is C25H22N6O7S2. The summed E-state index contributed by atoms with van der Waals surface area (Å²) < 4.78 is 36.1. The third kappa shape index (κ3) is 4.12. The van der Waals surface area contributed by atoms with Crippen LogP contribution in [0.2, 0.25) is 0 Å². The van der Waals surface area contributed by atoms with Crippen molar-refractivity contribution in [1.82, 2.24) is 23.2 Å². The summed E-state index contributed by atoms with van der Waals surface area (Å²) in [4.78, 5) is 39.4. The van der Waals surface area contributed by atoms with E-state index in [9.17, 15) is 33.2 Å². The highest BCUT2D eigenvalue weighted by Crippen LogP contribution is 2.45. The van der Waals surface area contributed by atoms with E-state index in [4.69, 9.17) is 4.74 Å². The van der Waals surface area contributed by atoms with Crippen molar-refractivity contribution in [3.05, 3.63) is 79.8 Å². The highest BCUT2D eigenvalue weighted by atomic mass is 32.2. The number of carbonyl (C=O) groups is 1. The molecule has 1 N–H and O–H groups in total. The number of amides is 1. The maximum Gasteiger partial charge on any atom is 0.422 e. The minimum atomic E-state index is -4.73. The second-order valence-corrected chi connectivity index (χ2v) is 12.9. The number of hydrogen-bond acceptors (Lipinski definition) is 9. The van der Waals surface area contributed by atoms with E-state index >= 15 is 0 Å². The summed E-state index contributed by atoms with van der Waals surface area (Å²) in [6, 6.07) is 8.53. The Bertz CT molecular complexity index is 1970. The Kier molecular flexibility index (Phi) is 5.95. The fourth-order valence-electron chi connectivity index (χ4n) is 4.91. The van der Waals surface area contributed by atoms with Gasteiger partial charge >= 0.3 is 11.8 Å². The molecule has 0 radical (unpaired) electrons. The molecule has 6 rings (SSSR count). The topological polar surface area (TPSA) is 170 Å². The first-order valence-electron chi connectivity index (χ1n) is 12.2. The summed E-state index contributed by atoms with van der Waals surface area (Å²) in [5.74, 6) is 0. The molecule has 13 nitrogen and oxygen atoms in total. The molecule has 4 heterocycles. The number of aromatic nitrogens is 4. The van der Waals surface area contributed by atoms with E-state index in [0.717, 1.165) is 27.3 Å². The van der Waals surface area contributed by atoms with Crippen LogP contribution in [-0.4, -0.2) is 48.4 Å². The number of sulfonamides is 1. The highest BCUT2D eigenvalue weighted by molar-refractivity contribution is 7.92. The Labute approximate surface area is 230 Å². The Balaban J connectivity index is 1.54. The lowest BCUT2D eigenvalue weighted by Gasteiger charge is -2.22. The van der Waals surface area contributed by atoms with Gasteiger partial charge in [-0.3, -0.25) is 18.6 Å². The molecule has 1 fully saturated rings. The number of nitrogens with zero attached hydrogens (tertiary/aromatic N) is 6. The molecule has 0 spiro atoms. The van der Waals surface area contributed by atoms with Crippen LogP contribution in [-0.2, 0) is 48.1 Å². The third-order valence-electron chi connectivity index (χ3n) is 7.09. The van der Waals surface area contributed by atoms with Gasteiger partial charge in [0.15, 0.2) is 0 Å². The molecule has 1 aliphatic carbocycles. The van der Waals surface area contributed by atoms with Crippen LogP contribution in [0.25, 0.3) is 10.2 Å². The Morgan fingerprint density at radius 3 is 2.55 bits per heavy atom. The van der Waals surface area contributed by atoms with Crippen LogP contribution in [0.4, 0.5) is 4.79 Å². The van der Waals surface area contributed by atoms with Gasteiger partial charge in [0.05, 0.1) is 44.0 Å². The summed E-state index contributed by atoms with van der Waals surface area (Å²) in [5.41, 5.74) is 0.277. The zero-order valence-corrected chi connectivity index (χ0v) is 22.7. The van der Waals surface area contributed by atoms with E-state index in [0.29, 0.717) is 30.1 Å². The molecule has 0 saturated heterocycles. The number of benzene rings is 1. The Hall–Kier alpha value is -4.26. The maximum absolute atomic E-state index is 13.8. The maximum atomic E-state index is 13.8. The molecule has 1 aliphatic heterocycles. The first-order chi connectivity index (χ1) is 19.0. The van der Waals surface area contributed by atoms with Gasteiger partial charge in [-0.2, -0.15) is 23.1 Å². The number of carboxylic acid groups (broad SMARTS) is 1. The molecule has 1 saturated carbocycles. The lowest BCUT2D eigenvalue weighted by atomic mass is 10.1. The van der Waals surface area contributed by atoms with Crippen molar-refractivity contribution in [3.63, 3.8) is 0 Å². The average Bonchev–Trinajstić information content (AvgIpc) is 3.26. The fraction of sp³-hybridized carbons (Fsp3) is 0.320. The lowest BCUT2D eigenvalue weighted by Crippen LogP contribution is -2.44. The zero-order valence-electron chi connectivity index (χ0n) is 21.1. The number of ether oxygens (including phenoxy) is 1. The van der Waals surface area contributed by atoms with Crippen LogP contribution in [0.1, 0.15) is 35.1 Å². The van der Waals surface area contributed by atoms with Gasteiger partial charge in [-0.15, -0.1) is 11.3 Å². The molecule has 0 unspecified atom stereocenters. The van der Waals surface area contributed by atoms with Crippen molar-refractivity contribution in [3.8, 4) is 6.07 Å². The third-order valence-corrected chi connectivity index (χ3v) is 10.5. The summed E-state index contributed by atoms with van der Waals surface area (Å²) in [7, 11) is -3.03. The van der Waals surface area contributed by atoms with Gasteiger partial charge in [0.2, 0.25) is 0 Å². The smallest absolute Gasteiger partial charge is 0.422 e. The molecule has 0 bridgehead atoms. The summed E-state index contributed by atoms with van der Waals surface area (Å²) >= 11 is 0.629. The quantitative estimate of drug-likeness (QED) is 0.341. The molecule has 1 amide bonds. The van der Waals surface area contributed by atoms with Crippen LogP contribution in [0, 0.1) is 11.3 Å². The minimum Gasteiger partial charge on any atom is -0.464 e. The standard InChI is InChI=1S/C25H22N6O7S2/c1-28-9-16(8-27-28)11-29-21(32)19-7-20(40(36,37)31(24(34)35)25(14-26)4-5-25)39-22(19)30(23(29)33)10-15-2-3-17-12-38-13-18(17)6-15/h2-3,6-9H,4-5,10-13H2,1H3,(H,34,35). The number of fused-ring (bicyclic) bond motifs is 2. The van der Waals surface area contributed by atoms with Crippen molar-refractivity contribution in [2.75, 3.05) is 0 Å². The molecular weight excluding hydrogens is 560 g/mol. The predicted molar refractivity (Wildman–Crippen MR) is 141 cm³/mol. The SMILES string of the molecule is Cn1cc(Cn2c(=O)c3cc(S(=O)(=O)N(C(=O)O)C4(C#N)CC4)sc3n(Cc3ccc4c(c3)COC4)c2=O)cn1. The molecule has 15 heteroatoms. The van der Waals surface area contributed by atoms with E-state index in [-0.39, 0.29) is 40.5 Å². The van der Waals surface area contributed by atoms with Gasteiger partial charge in [-0.05, 0) is 35.6 Å². The molecule has 4 aromatic rings.